The summed E-state index contributed by atoms with van der Waals surface area (Å²) < 4.78 is 1.54. The first-order valence-corrected chi connectivity index (χ1v) is 6.53. The van der Waals surface area contributed by atoms with Crippen LogP contribution in [-0.2, 0) is 6.42 Å². The van der Waals surface area contributed by atoms with E-state index in [4.69, 9.17) is 11.6 Å². The largest absolute Gasteiger partial charge is 0.293 e. The van der Waals surface area contributed by atoms with Crippen LogP contribution in [-0.4, -0.2) is 10.8 Å². The second-order valence-electron chi connectivity index (χ2n) is 3.17. The van der Waals surface area contributed by atoms with E-state index in [0.29, 0.717) is 15.6 Å². The third-order valence-corrected chi connectivity index (χ3v) is 3.72. The lowest BCUT2D eigenvalue weighted by Crippen LogP contribution is -2.02. The highest BCUT2D eigenvalue weighted by atomic mass is 79.9. The van der Waals surface area contributed by atoms with Crippen molar-refractivity contribution in [3.05, 3.63) is 49.8 Å². The molecule has 2 heterocycles. The van der Waals surface area contributed by atoms with Crippen LogP contribution >= 0.6 is 38.9 Å². The summed E-state index contributed by atoms with van der Waals surface area (Å²) in [5.74, 6) is 0.0479. The van der Waals surface area contributed by atoms with Crippen molar-refractivity contribution < 1.29 is 4.79 Å². The van der Waals surface area contributed by atoms with Crippen LogP contribution in [0.1, 0.15) is 15.4 Å². The molecule has 0 saturated carbocycles. The number of rotatable bonds is 3. The molecular formula is C11H7BrClNOS. The summed E-state index contributed by atoms with van der Waals surface area (Å²) in [4.78, 5) is 16.6. The average Bonchev–Trinajstić information content (AvgIpc) is 2.68. The molecule has 0 bridgehead atoms. The van der Waals surface area contributed by atoms with E-state index < -0.39 is 0 Å². The molecule has 0 radical (unpaired) electrons. The maximum Gasteiger partial charge on any atom is 0.178 e. The first-order chi connectivity index (χ1) is 7.65. The summed E-state index contributed by atoms with van der Waals surface area (Å²) >= 11 is 10.4. The minimum Gasteiger partial charge on any atom is -0.293 e. The number of aromatic nitrogens is 1. The molecule has 0 aliphatic carbocycles. The molecule has 0 amide bonds. The molecular weight excluding hydrogens is 310 g/mol. The lowest BCUT2D eigenvalue weighted by atomic mass is 10.2. The van der Waals surface area contributed by atoms with Crippen molar-refractivity contribution in [2.45, 2.75) is 6.42 Å². The number of ketones is 1. The smallest absolute Gasteiger partial charge is 0.178 e. The van der Waals surface area contributed by atoms with Crippen molar-refractivity contribution in [1.82, 2.24) is 4.98 Å². The summed E-state index contributed by atoms with van der Waals surface area (Å²) in [6, 6.07) is 7.18. The van der Waals surface area contributed by atoms with E-state index in [1.807, 2.05) is 12.1 Å². The molecule has 0 fully saturated rings. The summed E-state index contributed by atoms with van der Waals surface area (Å²) in [6.07, 6.45) is 1.99. The second-order valence-corrected chi connectivity index (χ2v) is 5.80. The van der Waals surface area contributed by atoms with Gasteiger partial charge in [0.1, 0.15) is 0 Å². The highest BCUT2D eigenvalue weighted by molar-refractivity contribution is 9.10. The van der Waals surface area contributed by atoms with Crippen LogP contribution in [0.15, 0.2) is 34.9 Å². The Hall–Kier alpha value is -0.710. The van der Waals surface area contributed by atoms with Crippen LogP contribution < -0.4 is 0 Å². The number of hydrogen-bond donors (Lipinski definition) is 0. The van der Waals surface area contributed by atoms with Crippen LogP contribution in [0.5, 0.6) is 0 Å². The third-order valence-electron chi connectivity index (χ3n) is 1.98. The fourth-order valence-corrected chi connectivity index (χ4v) is 2.44. The molecule has 0 atom stereocenters. The molecule has 0 unspecified atom stereocenters. The Morgan fingerprint density at radius 2 is 2.19 bits per heavy atom. The van der Waals surface area contributed by atoms with E-state index in [1.54, 1.807) is 18.3 Å². The monoisotopic (exact) mass is 315 g/mol. The zero-order chi connectivity index (χ0) is 11.5. The molecule has 0 aliphatic rings. The van der Waals surface area contributed by atoms with Gasteiger partial charge in [0, 0.05) is 16.4 Å². The van der Waals surface area contributed by atoms with Gasteiger partial charge in [0.05, 0.1) is 15.6 Å². The first kappa shape index (κ1) is 11.8. The molecule has 0 saturated heterocycles. The summed E-state index contributed by atoms with van der Waals surface area (Å²) in [7, 11) is 0. The predicted octanol–water partition coefficient (Wildman–Crippen LogP) is 3.98. The molecule has 5 heteroatoms. The lowest BCUT2D eigenvalue weighted by molar-refractivity contribution is 0.0996. The molecule has 2 nitrogen and oxygen atoms in total. The normalized spacial score (nSPS) is 10.4. The number of thiophene rings is 1. The molecule has 2 aromatic heterocycles. The van der Waals surface area contributed by atoms with Gasteiger partial charge in [-0.1, -0.05) is 11.6 Å². The molecule has 2 aromatic rings. The van der Waals surface area contributed by atoms with Gasteiger partial charge in [-0.25, -0.2) is 0 Å². The number of hydrogen-bond acceptors (Lipinski definition) is 3. The Balaban J connectivity index is 2.10. The number of carbonyl (C=O) groups is 1. The zero-order valence-electron chi connectivity index (χ0n) is 8.11. The van der Waals surface area contributed by atoms with Crippen LogP contribution in [0.2, 0.25) is 4.34 Å². The number of nitrogens with zero attached hydrogens (tertiary/aromatic N) is 1. The first-order valence-electron chi connectivity index (χ1n) is 4.54. The highest BCUT2D eigenvalue weighted by Gasteiger charge is 2.10. The van der Waals surface area contributed by atoms with Crippen LogP contribution in [0, 0.1) is 0 Å². The summed E-state index contributed by atoms with van der Waals surface area (Å²) in [6.45, 7) is 0. The molecule has 16 heavy (non-hydrogen) atoms. The van der Waals surface area contributed by atoms with Gasteiger partial charge >= 0.3 is 0 Å². The van der Waals surface area contributed by atoms with Crippen molar-refractivity contribution in [1.29, 1.82) is 0 Å². The van der Waals surface area contributed by atoms with Gasteiger partial charge < -0.3 is 0 Å². The Bertz CT molecular complexity index is 509. The van der Waals surface area contributed by atoms with E-state index in [-0.39, 0.29) is 5.78 Å². The van der Waals surface area contributed by atoms with Crippen molar-refractivity contribution >= 4 is 44.7 Å². The standard InChI is InChI=1S/C11H7BrClNOS/c12-7-1-2-8(14-6-7)5-9(15)10-3-4-11(13)16-10/h1-4,6H,5H2. The predicted molar refractivity (Wildman–Crippen MR) is 69.3 cm³/mol. The zero-order valence-corrected chi connectivity index (χ0v) is 11.3. The second kappa shape index (κ2) is 5.08. The van der Waals surface area contributed by atoms with Crippen molar-refractivity contribution in [3.8, 4) is 0 Å². The van der Waals surface area contributed by atoms with Gasteiger partial charge in [-0.2, -0.15) is 0 Å². The van der Waals surface area contributed by atoms with Gasteiger partial charge in [-0.15, -0.1) is 11.3 Å². The molecule has 0 spiro atoms. The summed E-state index contributed by atoms with van der Waals surface area (Å²) in [5, 5.41) is 0. The Morgan fingerprint density at radius 3 is 2.75 bits per heavy atom. The van der Waals surface area contributed by atoms with Crippen LogP contribution in [0.3, 0.4) is 0 Å². The highest BCUT2D eigenvalue weighted by Crippen LogP contribution is 2.22. The quantitative estimate of drug-likeness (QED) is 0.802. The topological polar surface area (TPSA) is 30.0 Å². The van der Waals surface area contributed by atoms with Gasteiger partial charge in [-0.05, 0) is 40.2 Å². The van der Waals surface area contributed by atoms with Crippen LogP contribution in [0.4, 0.5) is 0 Å². The maximum atomic E-state index is 11.8. The van der Waals surface area contributed by atoms with E-state index in [1.165, 1.54) is 11.3 Å². The Labute approximate surface area is 110 Å². The Kier molecular flexibility index (Phi) is 3.74. The molecule has 2 rings (SSSR count). The maximum absolute atomic E-state index is 11.8. The third kappa shape index (κ3) is 2.90. The van der Waals surface area contributed by atoms with Crippen molar-refractivity contribution in [2.75, 3.05) is 0 Å². The molecule has 82 valence electrons. The number of pyridine rings is 1. The van der Waals surface area contributed by atoms with Crippen LogP contribution in [0.25, 0.3) is 0 Å². The van der Waals surface area contributed by atoms with E-state index in [0.717, 1.165) is 10.2 Å². The fourth-order valence-electron chi connectivity index (χ4n) is 1.23. The minimum absolute atomic E-state index is 0.0479. The van der Waals surface area contributed by atoms with E-state index in [9.17, 15) is 4.79 Å². The summed E-state index contributed by atoms with van der Waals surface area (Å²) in [5.41, 5.74) is 0.762. The molecule has 0 aliphatic heterocycles. The average molecular weight is 317 g/mol. The number of halogens is 2. The fraction of sp³-hybridized carbons (Fsp3) is 0.0909. The number of Topliss-reactive ketones (excluding diaryl/α,β-unsaturated/α-hetero) is 1. The van der Waals surface area contributed by atoms with Gasteiger partial charge in [0.2, 0.25) is 0 Å². The lowest BCUT2D eigenvalue weighted by Gasteiger charge is -1.98. The van der Waals surface area contributed by atoms with Gasteiger partial charge in [0.25, 0.3) is 0 Å². The Morgan fingerprint density at radius 1 is 1.38 bits per heavy atom. The van der Waals surface area contributed by atoms with Crippen molar-refractivity contribution in [3.63, 3.8) is 0 Å². The van der Waals surface area contributed by atoms with Gasteiger partial charge in [-0.3, -0.25) is 9.78 Å². The SMILES string of the molecule is O=C(Cc1ccc(Br)cn1)c1ccc(Cl)s1. The van der Waals surface area contributed by atoms with Gasteiger partial charge in [0.15, 0.2) is 5.78 Å². The minimum atomic E-state index is 0.0479. The molecule has 0 aromatic carbocycles. The van der Waals surface area contributed by atoms with E-state index >= 15 is 0 Å². The molecule has 0 N–H and O–H groups in total. The number of carbonyl (C=O) groups excluding carboxylic acids is 1. The van der Waals surface area contributed by atoms with Crippen molar-refractivity contribution in [2.24, 2.45) is 0 Å². The van der Waals surface area contributed by atoms with E-state index in [2.05, 4.69) is 20.9 Å².